The van der Waals surface area contributed by atoms with Gasteiger partial charge in [-0.3, -0.25) is 0 Å². The van der Waals surface area contributed by atoms with E-state index in [9.17, 15) is 0 Å². The van der Waals surface area contributed by atoms with E-state index in [1.54, 1.807) is 0 Å². The summed E-state index contributed by atoms with van der Waals surface area (Å²) in [5.41, 5.74) is 0. The number of allylic oxidation sites excluding steroid dienone is 2. The van der Waals surface area contributed by atoms with Crippen LogP contribution in [0.5, 0.6) is 0 Å². The third kappa shape index (κ3) is 9.66. The van der Waals surface area contributed by atoms with Crippen molar-refractivity contribution in [3.8, 4) is 0 Å². The fourth-order valence-electron chi connectivity index (χ4n) is 0.976. The molecule has 0 aromatic rings. The van der Waals surface area contributed by atoms with Gasteiger partial charge in [0.15, 0.2) is 6.29 Å². The lowest BCUT2D eigenvalue weighted by Crippen LogP contribution is -2.02. The van der Waals surface area contributed by atoms with E-state index >= 15 is 0 Å². The molecule has 72 valence electrons. The molecule has 0 aliphatic rings. The number of hydrogen-bond acceptors (Lipinski definition) is 2. The normalized spacial score (nSPS) is 11.7. The molecule has 0 saturated carbocycles. The monoisotopic (exact) mass is 172 g/mol. The molecular weight excluding hydrogens is 152 g/mol. The molecule has 0 radical (unpaired) electrons. The van der Waals surface area contributed by atoms with Crippen LogP contribution in [0.2, 0.25) is 0 Å². The Hall–Kier alpha value is -0.340. The highest BCUT2D eigenvalue weighted by molar-refractivity contribution is 4.81. The molecule has 0 bridgehead atoms. The van der Waals surface area contributed by atoms with Crippen molar-refractivity contribution in [2.45, 2.75) is 51.7 Å². The van der Waals surface area contributed by atoms with Crippen molar-refractivity contribution in [1.29, 1.82) is 0 Å². The first kappa shape index (κ1) is 11.7. The number of hydrogen-bond donors (Lipinski definition) is 2. The van der Waals surface area contributed by atoms with Gasteiger partial charge in [-0.05, 0) is 25.7 Å². The second-order valence-electron chi connectivity index (χ2n) is 3.03. The molecule has 0 heterocycles. The van der Waals surface area contributed by atoms with E-state index < -0.39 is 6.29 Å². The van der Waals surface area contributed by atoms with Gasteiger partial charge in [-0.1, -0.05) is 31.9 Å². The van der Waals surface area contributed by atoms with Gasteiger partial charge in [-0.2, -0.15) is 0 Å². The van der Waals surface area contributed by atoms with Gasteiger partial charge in [-0.25, -0.2) is 0 Å². The fraction of sp³-hybridized carbons (Fsp3) is 0.800. The van der Waals surface area contributed by atoms with Gasteiger partial charge in [0.2, 0.25) is 0 Å². The van der Waals surface area contributed by atoms with Crippen LogP contribution in [0.1, 0.15) is 45.4 Å². The van der Waals surface area contributed by atoms with Gasteiger partial charge in [-0.15, -0.1) is 0 Å². The Kier molecular flexibility index (Phi) is 8.51. The highest BCUT2D eigenvalue weighted by Gasteiger charge is 1.93. The summed E-state index contributed by atoms with van der Waals surface area (Å²) in [4.78, 5) is 0. The summed E-state index contributed by atoms with van der Waals surface area (Å²) in [7, 11) is 0. The molecule has 12 heavy (non-hydrogen) atoms. The van der Waals surface area contributed by atoms with Crippen LogP contribution < -0.4 is 0 Å². The molecule has 0 spiro atoms. The zero-order chi connectivity index (χ0) is 9.23. The minimum absolute atomic E-state index is 0.484. The van der Waals surface area contributed by atoms with Gasteiger partial charge in [0.1, 0.15) is 0 Å². The average Bonchev–Trinajstić information content (AvgIpc) is 2.02. The standard InChI is InChI=1S/C10H20O2/c1-2-3-4-5-6-7-8-9-10(11)12/h5-6,10-12H,2-4,7-9H2,1H3. The Morgan fingerprint density at radius 1 is 1.08 bits per heavy atom. The molecule has 0 atom stereocenters. The summed E-state index contributed by atoms with van der Waals surface area (Å²) in [6.45, 7) is 2.18. The summed E-state index contributed by atoms with van der Waals surface area (Å²) in [6, 6.07) is 0. The van der Waals surface area contributed by atoms with Crippen LogP contribution in [0.4, 0.5) is 0 Å². The second-order valence-corrected chi connectivity index (χ2v) is 3.03. The summed E-state index contributed by atoms with van der Waals surface area (Å²) < 4.78 is 0. The molecule has 2 heteroatoms. The molecule has 0 unspecified atom stereocenters. The fourth-order valence-corrected chi connectivity index (χ4v) is 0.976. The summed E-state index contributed by atoms with van der Waals surface area (Å²) in [5, 5.41) is 17.0. The molecule has 0 aromatic heterocycles. The van der Waals surface area contributed by atoms with E-state index in [4.69, 9.17) is 10.2 Å². The first-order chi connectivity index (χ1) is 5.77. The first-order valence-electron chi connectivity index (χ1n) is 4.78. The lowest BCUT2D eigenvalue weighted by Gasteiger charge is -1.99. The second kappa shape index (κ2) is 8.75. The maximum absolute atomic E-state index is 8.52. The topological polar surface area (TPSA) is 40.5 Å². The average molecular weight is 172 g/mol. The smallest absolute Gasteiger partial charge is 0.151 e. The highest BCUT2D eigenvalue weighted by Crippen LogP contribution is 2.01. The Labute approximate surface area is 74.9 Å². The van der Waals surface area contributed by atoms with E-state index in [1.165, 1.54) is 12.8 Å². The molecule has 2 nitrogen and oxygen atoms in total. The third-order valence-electron chi connectivity index (χ3n) is 1.72. The van der Waals surface area contributed by atoms with Crippen molar-refractivity contribution < 1.29 is 10.2 Å². The molecule has 0 aromatic carbocycles. The van der Waals surface area contributed by atoms with Crippen LogP contribution in [0.3, 0.4) is 0 Å². The summed E-state index contributed by atoms with van der Waals surface area (Å²) >= 11 is 0. The van der Waals surface area contributed by atoms with Gasteiger partial charge in [0.25, 0.3) is 0 Å². The summed E-state index contributed by atoms with van der Waals surface area (Å²) in [5.74, 6) is 0. The molecule has 0 fully saturated rings. The predicted molar refractivity (Wildman–Crippen MR) is 50.7 cm³/mol. The summed E-state index contributed by atoms with van der Waals surface area (Å²) in [6.07, 6.45) is 9.11. The number of rotatable bonds is 7. The zero-order valence-corrected chi connectivity index (χ0v) is 7.87. The van der Waals surface area contributed by atoms with Crippen LogP contribution in [-0.2, 0) is 0 Å². The molecule has 2 N–H and O–H groups in total. The molecule has 0 amide bonds. The minimum atomic E-state index is -1.13. The van der Waals surface area contributed by atoms with E-state index in [1.807, 2.05) is 0 Å². The van der Waals surface area contributed by atoms with E-state index in [2.05, 4.69) is 19.1 Å². The van der Waals surface area contributed by atoms with Crippen molar-refractivity contribution in [1.82, 2.24) is 0 Å². The van der Waals surface area contributed by atoms with E-state index in [0.29, 0.717) is 6.42 Å². The minimum Gasteiger partial charge on any atom is -0.368 e. The quantitative estimate of drug-likeness (QED) is 0.351. The highest BCUT2D eigenvalue weighted by atomic mass is 16.5. The lowest BCUT2D eigenvalue weighted by atomic mass is 10.2. The van der Waals surface area contributed by atoms with Crippen molar-refractivity contribution >= 4 is 0 Å². The van der Waals surface area contributed by atoms with Crippen LogP contribution in [0.25, 0.3) is 0 Å². The van der Waals surface area contributed by atoms with E-state index in [0.717, 1.165) is 19.3 Å². The maximum atomic E-state index is 8.52. The van der Waals surface area contributed by atoms with Gasteiger partial charge in [0.05, 0.1) is 0 Å². The van der Waals surface area contributed by atoms with Gasteiger partial charge < -0.3 is 10.2 Å². The Morgan fingerprint density at radius 3 is 2.17 bits per heavy atom. The van der Waals surface area contributed by atoms with Crippen LogP contribution in [-0.4, -0.2) is 16.5 Å². The first-order valence-corrected chi connectivity index (χ1v) is 4.78. The Morgan fingerprint density at radius 2 is 1.67 bits per heavy atom. The lowest BCUT2D eigenvalue weighted by molar-refractivity contribution is -0.0460. The largest absolute Gasteiger partial charge is 0.368 e. The molecule has 0 aliphatic heterocycles. The maximum Gasteiger partial charge on any atom is 0.151 e. The molecule has 0 saturated heterocycles. The van der Waals surface area contributed by atoms with Gasteiger partial charge in [0, 0.05) is 0 Å². The number of aliphatic hydroxyl groups is 2. The van der Waals surface area contributed by atoms with Crippen molar-refractivity contribution in [3.63, 3.8) is 0 Å². The Balaban J connectivity index is 3.03. The predicted octanol–water partition coefficient (Wildman–Crippen LogP) is 2.21. The SMILES string of the molecule is CCCCC=CCCCC(O)O. The van der Waals surface area contributed by atoms with Crippen LogP contribution in [0, 0.1) is 0 Å². The van der Waals surface area contributed by atoms with Crippen LogP contribution >= 0.6 is 0 Å². The number of aliphatic hydroxyl groups excluding tert-OH is 1. The molecule has 0 rings (SSSR count). The number of unbranched alkanes of at least 4 members (excludes halogenated alkanes) is 3. The molecular formula is C10H20O2. The molecule has 0 aliphatic carbocycles. The zero-order valence-electron chi connectivity index (χ0n) is 7.87. The Bertz CT molecular complexity index is 108. The van der Waals surface area contributed by atoms with Crippen molar-refractivity contribution in [2.75, 3.05) is 0 Å². The van der Waals surface area contributed by atoms with Gasteiger partial charge >= 0.3 is 0 Å². The van der Waals surface area contributed by atoms with E-state index in [-0.39, 0.29) is 0 Å². The third-order valence-corrected chi connectivity index (χ3v) is 1.72. The van der Waals surface area contributed by atoms with Crippen molar-refractivity contribution in [2.24, 2.45) is 0 Å². The van der Waals surface area contributed by atoms with Crippen LogP contribution in [0.15, 0.2) is 12.2 Å². The van der Waals surface area contributed by atoms with Crippen molar-refractivity contribution in [3.05, 3.63) is 12.2 Å².